The molecule has 1 amide bonds. The molecule has 0 spiro atoms. The van der Waals surface area contributed by atoms with E-state index in [4.69, 9.17) is 0 Å². The van der Waals surface area contributed by atoms with Gasteiger partial charge >= 0.3 is 0 Å². The van der Waals surface area contributed by atoms with Gasteiger partial charge in [0.05, 0.1) is 5.69 Å². The molecular formula is C13H18N6O. The molecule has 0 aromatic carbocycles. The van der Waals surface area contributed by atoms with Crippen molar-refractivity contribution in [2.24, 2.45) is 7.05 Å². The molecule has 0 saturated carbocycles. The van der Waals surface area contributed by atoms with Crippen LogP contribution in [0.3, 0.4) is 0 Å². The predicted octanol–water partition coefficient (Wildman–Crippen LogP) is 0.880. The maximum Gasteiger partial charge on any atom is 0.272 e. The number of aryl methyl sites for hydroxylation is 2. The average molecular weight is 274 g/mol. The van der Waals surface area contributed by atoms with Crippen LogP contribution in [0.25, 0.3) is 0 Å². The average Bonchev–Trinajstić information content (AvgIpc) is 2.75. The fraction of sp³-hybridized carbons (Fsp3) is 0.385. The Labute approximate surface area is 117 Å². The lowest BCUT2D eigenvalue weighted by molar-refractivity contribution is 0.0945. The van der Waals surface area contributed by atoms with Gasteiger partial charge in [-0.15, -0.1) is 10.2 Å². The van der Waals surface area contributed by atoms with Crippen LogP contribution >= 0.6 is 0 Å². The number of carbonyl (C=O) groups excluding carboxylic acids is 1. The van der Waals surface area contributed by atoms with E-state index >= 15 is 0 Å². The molecule has 0 fully saturated rings. The molecule has 2 aromatic rings. The van der Waals surface area contributed by atoms with Gasteiger partial charge in [0.15, 0.2) is 5.69 Å². The summed E-state index contributed by atoms with van der Waals surface area (Å²) in [5.41, 5.74) is 2.19. The van der Waals surface area contributed by atoms with E-state index in [1.165, 1.54) is 0 Å². The fourth-order valence-corrected chi connectivity index (χ4v) is 1.82. The smallest absolute Gasteiger partial charge is 0.272 e. The minimum Gasteiger partial charge on any atom is -0.369 e. The van der Waals surface area contributed by atoms with Crippen LogP contribution in [-0.4, -0.2) is 32.4 Å². The van der Waals surface area contributed by atoms with Gasteiger partial charge in [0, 0.05) is 31.9 Å². The summed E-state index contributed by atoms with van der Waals surface area (Å²) in [6.07, 6.45) is 1.88. The van der Waals surface area contributed by atoms with Crippen LogP contribution < -0.4 is 10.6 Å². The van der Waals surface area contributed by atoms with Crippen LogP contribution in [0.5, 0.6) is 0 Å². The first-order valence-electron chi connectivity index (χ1n) is 6.45. The lowest BCUT2D eigenvalue weighted by Gasteiger charge is -2.04. The Hall–Kier alpha value is -2.44. The number of amides is 1. The third kappa shape index (κ3) is 3.31. The van der Waals surface area contributed by atoms with Gasteiger partial charge in [-0.1, -0.05) is 0 Å². The molecule has 0 radical (unpaired) electrons. The maximum atomic E-state index is 11.9. The van der Waals surface area contributed by atoms with Crippen molar-refractivity contribution in [3.63, 3.8) is 0 Å². The Kier molecular flexibility index (Phi) is 4.29. The SMILES string of the molecule is CCNc1ccc(C(=O)NCc2cn(C)nc2C)nn1. The van der Waals surface area contributed by atoms with Crippen LogP contribution in [0.4, 0.5) is 5.82 Å². The predicted molar refractivity (Wildman–Crippen MR) is 75.3 cm³/mol. The normalized spacial score (nSPS) is 10.3. The highest BCUT2D eigenvalue weighted by molar-refractivity contribution is 5.92. The molecule has 0 saturated heterocycles. The molecule has 106 valence electrons. The first-order chi connectivity index (χ1) is 9.60. The van der Waals surface area contributed by atoms with Crippen LogP contribution in [0.1, 0.15) is 28.7 Å². The van der Waals surface area contributed by atoms with Crippen molar-refractivity contribution in [3.8, 4) is 0 Å². The van der Waals surface area contributed by atoms with E-state index in [9.17, 15) is 4.79 Å². The molecule has 0 atom stereocenters. The number of aromatic nitrogens is 4. The second-order valence-electron chi connectivity index (χ2n) is 4.43. The van der Waals surface area contributed by atoms with Crippen molar-refractivity contribution in [3.05, 3.63) is 35.3 Å². The van der Waals surface area contributed by atoms with E-state index < -0.39 is 0 Å². The number of hydrogen-bond acceptors (Lipinski definition) is 5. The van der Waals surface area contributed by atoms with Crippen LogP contribution in [0.15, 0.2) is 18.3 Å². The molecule has 0 aliphatic carbocycles. The summed E-state index contributed by atoms with van der Waals surface area (Å²) < 4.78 is 1.72. The highest BCUT2D eigenvalue weighted by Crippen LogP contribution is 2.05. The number of anilines is 1. The molecule has 7 heteroatoms. The second-order valence-corrected chi connectivity index (χ2v) is 4.43. The summed E-state index contributed by atoms with van der Waals surface area (Å²) in [4.78, 5) is 11.9. The summed E-state index contributed by atoms with van der Waals surface area (Å²) in [5, 5.41) is 17.9. The third-order valence-electron chi connectivity index (χ3n) is 2.81. The van der Waals surface area contributed by atoms with E-state index in [-0.39, 0.29) is 5.91 Å². The van der Waals surface area contributed by atoms with Gasteiger partial charge in [-0.3, -0.25) is 9.48 Å². The molecule has 7 nitrogen and oxygen atoms in total. The fourth-order valence-electron chi connectivity index (χ4n) is 1.82. The summed E-state index contributed by atoms with van der Waals surface area (Å²) in [6, 6.07) is 3.39. The lowest BCUT2D eigenvalue weighted by atomic mass is 10.2. The van der Waals surface area contributed by atoms with E-state index in [1.807, 2.05) is 27.1 Å². The van der Waals surface area contributed by atoms with Gasteiger partial charge in [0.2, 0.25) is 0 Å². The minimum atomic E-state index is -0.246. The Morgan fingerprint density at radius 1 is 1.35 bits per heavy atom. The monoisotopic (exact) mass is 274 g/mol. The zero-order chi connectivity index (χ0) is 14.5. The maximum absolute atomic E-state index is 11.9. The molecule has 2 rings (SSSR count). The van der Waals surface area contributed by atoms with E-state index in [0.29, 0.717) is 18.1 Å². The number of hydrogen-bond donors (Lipinski definition) is 2. The number of rotatable bonds is 5. The Bertz CT molecular complexity index is 589. The van der Waals surface area contributed by atoms with E-state index in [1.54, 1.807) is 16.8 Å². The summed E-state index contributed by atoms with van der Waals surface area (Å²) in [5.74, 6) is 0.413. The van der Waals surface area contributed by atoms with Gasteiger partial charge in [0.1, 0.15) is 5.82 Å². The van der Waals surface area contributed by atoms with Crippen molar-refractivity contribution in [2.45, 2.75) is 20.4 Å². The van der Waals surface area contributed by atoms with Crippen molar-refractivity contribution in [1.29, 1.82) is 0 Å². The standard InChI is InChI=1S/C13H18N6O/c1-4-14-12-6-5-11(16-17-12)13(20)15-7-10-8-19(3)18-9(10)2/h5-6,8H,4,7H2,1-3H3,(H,14,17)(H,15,20). The Morgan fingerprint density at radius 2 is 2.15 bits per heavy atom. The minimum absolute atomic E-state index is 0.246. The number of nitrogens with zero attached hydrogens (tertiary/aromatic N) is 4. The second kappa shape index (κ2) is 6.14. The Morgan fingerprint density at radius 3 is 2.70 bits per heavy atom. The number of nitrogens with one attached hydrogen (secondary N) is 2. The quantitative estimate of drug-likeness (QED) is 0.845. The first-order valence-corrected chi connectivity index (χ1v) is 6.45. The lowest BCUT2D eigenvalue weighted by Crippen LogP contribution is -2.24. The third-order valence-corrected chi connectivity index (χ3v) is 2.81. The first kappa shape index (κ1) is 14.0. The summed E-state index contributed by atoms with van der Waals surface area (Å²) >= 11 is 0. The van der Waals surface area contributed by atoms with Gasteiger partial charge in [-0.05, 0) is 26.0 Å². The van der Waals surface area contributed by atoms with Crippen LogP contribution in [0.2, 0.25) is 0 Å². The topological polar surface area (TPSA) is 84.7 Å². The van der Waals surface area contributed by atoms with Gasteiger partial charge in [-0.25, -0.2) is 0 Å². The van der Waals surface area contributed by atoms with Crippen molar-refractivity contribution < 1.29 is 4.79 Å². The van der Waals surface area contributed by atoms with Gasteiger partial charge in [0.25, 0.3) is 5.91 Å². The highest BCUT2D eigenvalue weighted by atomic mass is 16.1. The molecule has 0 bridgehead atoms. The molecule has 0 unspecified atom stereocenters. The molecular weight excluding hydrogens is 256 g/mol. The van der Waals surface area contributed by atoms with Crippen LogP contribution in [0, 0.1) is 6.92 Å². The van der Waals surface area contributed by atoms with E-state index in [0.717, 1.165) is 17.8 Å². The van der Waals surface area contributed by atoms with Gasteiger partial charge in [-0.2, -0.15) is 5.10 Å². The molecule has 2 aromatic heterocycles. The highest BCUT2D eigenvalue weighted by Gasteiger charge is 2.09. The summed E-state index contributed by atoms with van der Waals surface area (Å²) in [6.45, 7) is 5.07. The molecule has 20 heavy (non-hydrogen) atoms. The molecule has 2 N–H and O–H groups in total. The van der Waals surface area contributed by atoms with Crippen molar-refractivity contribution in [1.82, 2.24) is 25.3 Å². The van der Waals surface area contributed by atoms with Crippen molar-refractivity contribution in [2.75, 3.05) is 11.9 Å². The summed E-state index contributed by atoms with van der Waals surface area (Å²) in [7, 11) is 1.85. The molecule has 2 heterocycles. The number of carbonyl (C=O) groups is 1. The van der Waals surface area contributed by atoms with E-state index in [2.05, 4.69) is 25.9 Å². The Balaban J connectivity index is 1.96. The van der Waals surface area contributed by atoms with Crippen molar-refractivity contribution >= 4 is 11.7 Å². The largest absolute Gasteiger partial charge is 0.369 e. The molecule has 0 aliphatic heterocycles. The zero-order valence-electron chi connectivity index (χ0n) is 11.8. The van der Waals surface area contributed by atoms with Crippen LogP contribution in [-0.2, 0) is 13.6 Å². The molecule has 0 aliphatic rings. The zero-order valence-corrected chi connectivity index (χ0v) is 11.8. The van der Waals surface area contributed by atoms with Gasteiger partial charge < -0.3 is 10.6 Å².